The number of likely N-dealkylation sites (N-methyl/N-ethyl adjacent to an activating group) is 2. The number of carbonyl (C=O) groups is 1. The van der Waals surface area contributed by atoms with Crippen LogP contribution in [0.1, 0.15) is 37.0 Å². The molecule has 0 N–H and O–H groups in total. The first-order chi connectivity index (χ1) is 9.93. The zero-order chi connectivity index (χ0) is 15.8. The zero-order valence-corrected chi connectivity index (χ0v) is 15.2. The van der Waals surface area contributed by atoms with E-state index >= 15 is 0 Å². The summed E-state index contributed by atoms with van der Waals surface area (Å²) in [4.78, 5) is 16.8. The third kappa shape index (κ3) is 6.72. The average Bonchev–Trinajstić information content (AvgIpc) is 2.43. The second kappa shape index (κ2) is 9.34. The van der Waals surface area contributed by atoms with Crippen molar-refractivity contribution < 1.29 is 4.79 Å². The van der Waals surface area contributed by atoms with Gasteiger partial charge in [0.2, 0.25) is 0 Å². The van der Waals surface area contributed by atoms with Crippen molar-refractivity contribution in [2.75, 3.05) is 33.7 Å². The van der Waals surface area contributed by atoms with E-state index in [1.807, 2.05) is 24.3 Å². The number of halogens is 1. The Kier molecular flexibility index (Phi) is 8.15. The predicted octanol–water partition coefficient (Wildman–Crippen LogP) is 3.68. The summed E-state index contributed by atoms with van der Waals surface area (Å²) in [5, 5.41) is 0. The molecule has 1 rings (SSSR count). The highest BCUT2D eigenvalue weighted by molar-refractivity contribution is 9.10. The van der Waals surface area contributed by atoms with Crippen molar-refractivity contribution in [1.82, 2.24) is 9.80 Å². The van der Waals surface area contributed by atoms with E-state index in [4.69, 9.17) is 0 Å². The van der Waals surface area contributed by atoms with Gasteiger partial charge in [0.15, 0.2) is 5.78 Å². The fourth-order valence-electron chi connectivity index (χ4n) is 2.56. The van der Waals surface area contributed by atoms with E-state index in [9.17, 15) is 4.79 Å². The summed E-state index contributed by atoms with van der Waals surface area (Å²) >= 11 is 3.39. The molecule has 1 atom stereocenters. The summed E-state index contributed by atoms with van der Waals surface area (Å²) in [7, 11) is 4.20. The molecule has 1 unspecified atom stereocenters. The molecular formula is C17H27BrN2O. The Bertz CT molecular complexity index is 431. The van der Waals surface area contributed by atoms with Crippen LogP contribution < -0.4 is 0 Å². The molecule has 0 saturated heterocycles. The molecule has 0 amide bonds. The molecule has 0 saturated carbocycles. The highest BCUT2D eigenvalue weighted by atomic mass is 79.9. The molecule has 0 heterocycles. The van der Waals surface area contributed by atoms with Gasteiger partial charge in [0.25, 0.3) is 0 Å². The quantitative estimate of drug-likeness (QED) is 0.632. The first-order valence-corrected chi connectivity index (χ1v) is 8.41. The van der Waals surface area contributed by atoms with Crippen LogP contribution in [0.4, 0.5) is 0 Å². The van der Waals surface area contributed by atoms with Gasteiger partial charge in [-0.15, -0.1) is 0 Å². The van der Waals surface area contributed by atoms with Crippen molar-refractivity contribution in [3.63, 3.8) is 0 Å². The average molecular weight is 355 g/mol. The van der Waals surface area contributed by atoms with E-state index in [0.29, 0.717) is 12.5 Å². The van der Waals surface area contributed by atoms with Crippen LogP contribution in [0.15, 0.2) is 28.7 Å². The van der Waals surface area contributed by atoms with Gasteiger partial charge in [-0.2, -0.15) is 0 Å². The number of nitrogens with zero attached hydrogens (tertiary/aromatic N) is 2. The number of carbonyl (C=O) groups excluding carboxylic acids is 1. The van der Waals surface area contributed by atoms with Crippen LogP contribution in [0.2, 0.25) is 0 Å². The molecule has 0 aliphatic carbocycles. The van der Waals surface area contributed by atoms with Gasteiger partial charge in [-0.1, -0.05) is 35.0 Å². The lowest BCUT2D eigenvalue weighted by Crippen LogP contribution is -2.40. The predicted molar refractivity (Wildman–Crippen MR) is 93.0 cm³/mol. The van der Waals surface area contributed by atoms with E-state index in [1.54, 1.807) is 0 Å². The molecule has 3 nitrogen and oxygen atoms in total. The Morgan fingerprint density at radius 2 is 1.86 bits per heavy atom. The summed E-state index contributed by atoms with van der Waals surface area (Å²) in [6, 6.07) is 8.14. The Hall–Kier alpha value is -0.710. The van der Waals surface area contributed by atoms with Crippen LogP contribution in [-0.4, -0.2) is 55.4 Å². The Morgan fingerprint density at radius 1 is 1.24 bits per heavy atom. The molecule has 0 fully saturated rings. The Balaban J connectivity index is 2.40. The minimum atomic E-state index is 0.235. The molecular weight excluding hydrogens is 328 g/mol. The number of Topliss-reactive ketones (excluding diaryl/α,β-unsaturated/α-hetero) is 1. The first-order valence-electron chi connectivity index (χ1n) is 7.61. The molecule has 21 heavy (non-hydrogen) atoms. The molecule has 0 aromatic heterocycles. The Labute approximate surface area is 137 Å². The summed E-state index contributed by atoms with van der Waals surface area (Å²) in [5.74, 6) is 0.235. The summed E-state index contributed by atoms with van der Waals surface area (Å²) in [6.45, 7) is 7.49. The molecule has 0 radical (unpaired) electrons. The third-order valence-electron chi connectivity index (χ3n) is 3.67. The van der Waals surface area contributed by atoms with E-state index in [2.05, 4.69) is 53.7 Å². The standard InChI is InChI=1S/C17H27BrN2O/c1-5-20(14(2)13-19(3)4)12-6-7-17(21)15-8-10-16(18)11-9-15/h8-11,14H,5-7,12-13H2,1-4H3. The summed E-state index contributed by atoms with van der Waals surface area (Å²) in [6.07, 6.45) is 1.54. The third-order valence-corrected chi connectivity index (χ3v) is 4.20. The number of hydrogen-bond acceptors (Lipinski definition) is 3. The van der Waals surface area contributed by atoms with E-state index in [0.717, 1.165) is 36.1 Å². The smallest absolute Gasteiger partial charge is 0.162 e. The van der Waals surface area contributed by atoms with Crippen LogP contribution >= 0.6 is 15.9 Å². The monoisotopic (exact) mass is 354 g/mol. The number of benzene rings is 1. The highest BCUT2D eigenvalue weighted by Crippen LogP contribution is 2.13. The van der Waals surface area contributed by atoms with Gasteiger partial charge >= 0.3 is 0 Å². The molecule has 0 aliphatic heterocycles. The van der Waals surface area contributed by atoms with Crippen molar-refractivity contribution in [2.24, 2.45) is 0 Å². The fourth-order valence-corrected chi connectivity index (χ4v) is 2.82. The lowest BCUT2D eigenvalue weighted by atomic mass is 10.1. The van der Waals surface area contributed by atoms with Gasteiger partial charge in [-0.3, -0.25) is 9.69 Å². The number of ketones is 1. The van der Waals surface area contributed by atoms with Gasteiger partial charge in [-0.25, -0.2) is 0 Å². The van der Waals surface area contributed by atoms with Gasteiger partial charge in [0.05, 0.1) is 0 Å². The number of rotatable bonds is 9. The van der Waals surface area contributed by atoms with E-state index < -0.39 is 0 Å². The lowest BCUT2D eigenvalue weighted by molar-refractivity contribution is 0.0969. The molecule has 1 aromatic rings. The van der Waals surface area contributed by atoms with Crippen LogP contribution in [0.25, 0.3) is 0 Å². The molecule has 4 heteroatoms. The van der Waals surface area contributed by atoms with Crippen molar-refractivity contribution in [3.8, 4) is 0 Å². The highest BCUT2D eigenvalue weighted by Gasteiger charge is 2.13. The number of hydrogen-bond donors (Lipinski definition) is 0. The Morgan fingerprint density at radius 3 is 2.38 bits per heavy atom. The second-order valence-corrected chi connectivity index (χ2v) is 6.69. The van der Waals surface area contributed by atoms with Gasteiger partial charge in [0.1, 0.15) is 0 Å². The van der Waals surface area contributed by atoms with E-state index in [-0.39, 0.29) is 5.78 Å². The van der Waals surface area contributed by atoms with E-state index in [1.165, 1.54) is 0 Å². The summed E-state index contributed by atoms with van der Waals surface area (Å²) < 4.78 is 1.01. The van der Waals surface area contributed by atoms with Crippen LogP contribution in [-0.2, 0) is 0 Å². The topological polar surface area (TPSA) is 23.6 Å². The van der Waals surface area contributed by atoms with Crippen LogP contribution in [0.5, 0.6) is 0 Å². The second-order valence-electron chi connectivity index (χ2n) is 5.77. The van der Waals surface area contributed by atoms with Crippen LogP contribution in [0, 0.1) is 0 Å². The first kappa shape index (κ1) is 18.3. The molecule has 0 aliphatic rings. The maximum Gasteiger partial charge on any atom is 0.162 e. The van der Waals surface area contributed by atoms with Crippen molar-refractivity contribution in [3.05, 3.63) is 34.3 Å². The maximum atomic E-state index is 12.1. The molecule has 118 valence electrons. The van der Waals surface area contributed by atoms with Crippen molar-refractivity contribution >= 4 is 21.7 Å². The molecule has 0 bridgehead atoms. The largest absolute Gasteiger partial charge is 0.308 e. The van der Waals surface area contributed by atoms with Gasteiger partial charge in [-0.05, 0) is 52.7 Å². The van der Waals surface area contributed by atoms with Gasteiger partial charge in [0, 0.05) is 29.0 Å². The summed E-state index contributed by atoms with van der Waals surface area (Å²) in [5.41, 5.74) is 0.808. The lowest BCUT2D eigenvalue weighted by Gasteiger charge is -2.29. The van der Waals surface area contributed by atoms with Crippen LogP contribution in [0.3, 0.4) is 0 Å². The zero-order valence-electron chi connectivity index (χ0n) is 13.6. The molecule has 0 spiro atoms. The van der Waals surface area contributed by atoms with Crippen molar-refractivity contribution in [1.29, 1.82) is 0 Å². The maximum absolute atomic E-state index is 12.1. The van der Waals surface area contributed by atoms with Gasteiger partial charge < -0.3 is 4.90 Å². The van der Waals surface area contributed by atoms with Crippen molar-refractivity contribution in [2.45, 2.75) is 32.7 Å². The minimum Gasteiger partial charge on any atom is -0.308 e. The fraction of sp³-hybridized carbons (Fsp3) is 0.588. The normalized spacial score (nSPS) is 12.9. The minimum absolute atomic E-state index is 0.235. The molecule has 1 aromatic carbocycles. The SMILES string of the molecule is CCN(CCCC(=O)c1ccc(Br)cc1)C(C)CN(C)C.